The van der Waals surface area contributed by atoms with Gasteiger partial charge in [0.05, 0.1) is 0 Å². The Morgan fingerprint density at radius 2 is 1.92 bits per heavy atom. The molecule has 0 aromatic heterocycles. The molecule has 1 rings (SSSR count). The molecule has 5 nitrogen and oxygen atoms in total. The first kappa shape index (κ1) is 21.9. The van der Waals surface area contributed by atoms with E-state index < -0.39 is 5.97 Å². The maximum atomic E-state index is 11.7. The molecular formula is C19H34N2O3S. The Kier molecular flexibility index (Phi) is 10.7. The fourth-order valence-electron chi connectivity index (χ4n) is 3.65. The van der Waals surface area contributed by atoms with E-state index in [1.54, 1.807) is 0 Å². The van der Waals surface area contributed by atoms with Gasteiger partial charge in [-0.15, -0.1) is 0 Å². The molecule has 0 aromatic rings. The average molecular weight is 371 g/mol. The van der Waals surface area contributed by atoms with Gasteiger partial charge in [0.25, 0.3) is 0 Å². The van der Waals surface area contributed by atoms with Crippen molar-refractivity contribution in [1.82, 2.24) is 10.6 Å². The van der Waals surface area contributed by atoms with Crippen LogP contribution in [0.3, 0.4) is 0 Å². The highest BCUT2D eigenvalue weighted by Crippen LogP contribution is 2.26. The van der Waals surface area contributed by atoms with Crippen molar-refractivity contribution in [3.8, 4) is 0 Å². The Balaban J connectivity index is 2.20. The van der Waals surface area contributed by atoms with Crippen molar-refractivity contribution < 1.29 is 14.7 Å². The smallest absolute Gasteiger partial charge is 0.303 e. The molecular weight excluding hydrogens is 336 g/mol. The molecule has 0 bridgehead atoms. The summed E-state index contributed by atoms with van der Waals surface area (Å²) < 4.78 is 0. The third kappa shape index (κ3) is 9.78. The predicted molar refractivity (Wildman–Crippen MR) is 104 cm³/mol. The maximum Gasteiger partial charge on any atom is 0.303 e. The molecule has 1 saturated heterocycles. The van der Waals surface area contributed by atoms with Crippen LogP contribution in [0, 0.1) is 11.8 Å². The molecule has 0 spiro atoms. The zero-order valence-corrected chi connectivity index (χ0v) is 16.5. The summed E-state index contributed by atoms with van der Waals surface area (Å²) in [5.74, 6) is 0.658. The zero-order valence-electron chi connectivity index (χ0n) is 15.7. The molecule has 3 unspecified atom stereocenters. The number of unbranched alkanes of at least 4 members (excludes halogenated alkanes) is 3. The number of carboxylic acid groups (broad SMARTS) is 1. The maximum absolute atomic E-state index is 11.7. The number of aliphatic carboxylic acids is 1. The summed E-state index contributed by atoms with van der Waals surface area (Å²) in [7, 11) is 0. The lowest BCUT2D eigenvalue weighted by atomic mass is 9.85. The second kappa shape index (κ2) is 12.2. The monoisotopic (exact) mass is 370 g/mol. The molecule has 25 heavy (non-hydrogen) atoms. The number of nitrogens with one attached hydrogen (secondary N) is 2. The van der Waals surface area contributed by atoms with Crippen molar-refractivity contribution in [2.24, 2.45) is 11.8 Å². The van der Waals surface area contributed by atoms with Crippen molar-refractivity contribution in [1.29, 1.82) is 0 Å². The minimum atomic E-state index is -0.691. The summed E-state index contributed by atoms with van der Waals surface area (Å²) in [4.78, 5) is 22.2. The van der Waals surface area contributed by atoms with Gasteiger partial charge in [-0.25, -0.2) is 0 Å². The molecule has 0 saturated carbocycles. The SMILES string of the molecule is CCCC(CCCCCCC(=O)O)CC(C)CCC1NC(=S)NC1=O. The lowest BCUT2D eigenvalue weighted by Gasteiger charge is -2.21. The van der Waals surface area contributed by atoms with Crippen LogP contribution in [0.15, 0.2) is 0 Å². The molecule has 6 heteroatoms. The lowest BCUT2D eigenvalue weighted by Crippen LogP contribution is -2.29. The van der Waals surface area contributed by atoms with Crippen LogP contribution < -0.4 is 10.6 Å². The van der Waals surface area contributed by atoms with E-state index in [0.717, 1.165) is 38.0 Å². The first-order valence-electron chi connectivity index (χ1n) is 9.75. The van der Waals surface area contributed by atoms with Crippen LogP contribution in [0.1, 0.15) is 84.5 Å². The molecule has 3 N–H and O–H groups in total. The van der Waals surface area contributed by atoms with Crippen LogP contribution >= 0.6 is 12.2 Å². The van der Waals surface area contributed by atoms with Crippen LogP contribution in [0.4, 0.5) is 0 Å². The fourth-order valence-corrected chi connectivity index (χ4v) is 3.89. The number of carbonyl (C=O) groups is 2. The molecule has 144 valence electrons. The molecule has 1 heterocycles. The van der Waals surface area contributed by atoms with Crippen molar-refractivity contribution in [3.63, 3.8) is 0 Å². The minimum Gasteiger partial charge on any atom is -0.481 e. The van der Waals surface area contributed by atoms with Gasteiger partial charge < -0.3 is 15.7 Å². The van der Waals surface area contributed by atoms with E-state index in [1.165, 1.54) is 32.1 Å². The minimum absolute atomic E-state index is 0.00340. The molecule has 1 aliphatic heterocycles. The van der Waals surface area contributed by atoms with E-state index in [1.807, 2.05) is 0 Å². The summed E-state index contributed by atoms with van der Waals surface area (Å²) in [5, 5.41) is 14.8. The van der Waals surface area contributed by atoms with E-state index in [4.69, 9.17) is 17.3 Å². The van der Waals surface area contributed by atoms with Crippen molar-refractivity contribution in [2.75, 3.05) is 0 Å². The largest absolute Gasteiger partial charge is 0.481 e. The molecule has 0 aromatic carbocycles. The van der Waals surface area contributed by atoms with Crippen molar-refractivity contribution >= 4 is 29.2 Å². The molecule has 0 aliphatic carbocycles. The highest BCUT2D eigenvalue weighted by Gasteiger charge is 2.27. The third-order valence-corrected chi connectivity index (χ3v) is 5.21. The molecule has 1 amide bonds. The van der Waals surface area contributed by atoms with Crippen molar-refractivity contribution in [2.45, 2.75) is 90.5 Å². The van der Waals surface area contributed by atoms with Crippen LogP contribution in [-0.4, -0.2) is 28.1 Å². The van der Waals surface area contributed by atoms with Crippen LogP contribution in [-0.2, 0) is 9.59 Å². The summed E-state index contributed by atoms with van der Waals surface area (Å²) in [5.41, 5.74) is 0. The standard InChI is InChI=1S/C19H34N2O3S/c1-3-8-15(9-6-4-5-7-10-17(22)23)13-14(2)11-12-16-18(24)21-19(25)20-16/h14-16H,3-13H2,1-2H3,(H,22,23)(H2,20,21,24,25). The van der Waals surface area contributed by atoms with Gasteiger partial charge in [0, 0.05) is 6.42 Å². The van der Waals surface area contributed by atoms with Crippen molar-refractivity contribution in [3.05, 3.63) is 0 Å². The van der Waals surface area contributed by atoms with Gasteiger partial charge in [0.2, 0.25) is 5.91 Å². The van der Waals surface area contributed by atoms with Crippen LogP contribution in [0.5, 0.6) is 0 Å². The number of carboxylic acids is 1. The Morgan fingerprint density at radius 3 is 2.52 bits per heavy atom. The quantitative estimate of drug-likeness (QED) is 0.318. The summed E-state index contributed by atoms with van der Waals surface area (Å²) in [6.45, 7) is 4.51. The highest BCUT2D eigenvalue weighted by molar-refractivity contribution is 7.80. The van der Waals surface area contributed by atoms with Gasteiger partial charge in [-0.1, -0.05) is 52.4 Å². The fraction of sp³-hybridized carbons (Fsp3) is 0.842. The number of rotatable bonds is 14. The Labute approximate surface area is 157 Å². The second-order valence-electron chi connectivity index (χ2n) is 7.43. The number of hydrogen-bond donors (Lipinski definition) is 3. The highest BCUT2D eigenvalue weighted by atomic mass is 32.1. The zero-order chi connectivity index (χ0) is 18.7. The number of amides is 1. The lowest BCUT2D eigenvalue weighted by molar-refractivity contribution is -0.137. The normalized spacial score (nSPS) is 19.4. The number of thiocarbonyl (C=S) groups is 1. The summed E-state index contributed by atoms with van der Waals surface area (Å²) in [6.07, 6.45) is 11.2. The van der Waals surface area contributed by atoms with Gasteiger partial charge in [0.15, 0.2) is 5.11 Å². The van der Waals surface area contributed by atoms with E-state index in [0.29, 0.717) is 17.5 Å². The first-order chi connectivity index (χ1) is 11.9. The third-order valence-electron chi connectivity index (χ3n) is 4.99. The predicted octanol–water partition coefficient (Wildman–Crippen LogP) is 4.01. The molecule has 1 fully saturated rings. The molecule has 3 atom stereocenters. The Bertz CT molecular complexity index is 442. The number of hydrogen-bond acceptors (Lipinski definition) is 3. The van der Waals surface area contributed by atoms with Gasteiger partial charge in [-0.2, -0.15) is 0 Å². The van der Waals surface area contributed by atoms with Gasteiger partial charge in [-0.05, 0) is 49.7 Å². The van der Waals surface area contributed by atoms with Crippen LogP contribution in [0.25, 0.3) is 0 Å². The number of carbonyl (C=O) groups excluding carboxylic acids is 1. The first-order valence-corrected chi connectivity index (χ1v) is 10.2. The van der Waals surface area contributed by atoms with E-state index in [2.05, 4.69) is 24.5 Å². The average Bonchev–Trinajstić information content (AvgIpc) is 2.86. The van der Waals surface area contributed by atoms with Crippen LogP contribution in [0.2, 0.25) is 0 Å². The second-order valence-corrected chi connectivity index (χ2v) is 7.84. The summed E-state index contributed by atoms with van der Waals surface area (Å²) in [6, 6.07) is -0.159. The Hall–Kier alpha value is -1.17. The van der Waals surface area contributed by atoms with E-state index in [9.17, 15) is 9.59 Å². The van der Waals surface area contributed by atoms with E-state index >= 15 is 0 Å². The topological polar surface area (TPSA) is 78.4 Å². The summed E-state index contributed by atoms with van der Waals surface area (Å²) >= 11 is 4.97. The van der Waals surface area contributed by atoms with Gasteiger partial charge in [-0.3, -0.25) is 9.59 Å². The van der Waals surface area contributed by atoms with E-state index in [-0.39, 0.29) is 11.9 Å². The Morgan fingerprint density at radius 1 is 1.20 bits per heavy atom. The molecule has 0 radical (unpaired) electrons. The van der Waals surface area contributed by atoms with Gasteiger partial charge >= 0.3 is 5.97 Å². The molecule has 1 aliphatic rings. The van der Waals surface area contributed by atoms with Gasteiger partial charge in [0.1, 0.15) is 6.04 Å².